The van der Waals surface area contributed by atoms with E-state index in [0.29, 0.717) is 5.56 Å². The highest BCUT2D eigenvalue weighted by Gasteiger charge is 2.10. The molecule has 2 aromatic rings. The molecule has 0 aliphatic rings. The van der Waals surface area contributed by atoms with Crippen LogP contribution in [-0.2, 0) is 0 Å². The molecule has 0 spiro atoms. The van der Waals surface area contributed by atoms with Crippen molar-refractivity contribution < 1.29 is 20.1 Å². The monoisotopic (exact) mass is 272 g/mol. The average Bonchev–Trinajstić information content (AvgIpc) is 2.41. The van der Waals surface area contributed by atoms with Gasteiger partial charge in [-0.25, -0.2) is 5.43 Å². The fourth-order valence-corrected chi connectivity index (χ4v) is 1.50. The van der Waals surface area contributed by atoms with Crippen molar-refractivity contribution in [3.63, 3.8) is 0 Å². The number of benzene rings is 2. The molecule has 6 nitrogen and oxygen atoms in total. The van der Waals surface area contributed by atoms with E-state index < -0.39 is 5.91 Å². The van der Waals surface area contributed by atoms with Crippen molar-refractivity contribution in [2.75, 3.05) is 0 Å². The van der Waals surface area contributed by atoms with Gasteiger partial charge in [0.05, 0.1) is 11.8 Å². The minimum atomic E-state index is -0.600. The molecule has 0 bridgehead atoms. The number of rotatable bonds is 3. The third-order valence-electron chi connectivity index (χ3n) is 2.50. The van der Waals surface area contributed by atoms with Crippen LogP contribution in [0.15, 0.2) is 47.6 Å². The quantitative estimate of drug-likeness (QED) is 0.503. The second kappa shape index (κ2) is 5.75. The molecule has 0 aliphatic heterocycles. The lowest BCUT2D eigenvalue weighted by molar-refractivity contribution is 0.0952. The number of carbonyl (C=O) groups is 1. The van der Waals surface area contributed by atoms with Gasteiger partial charge in [0.2, 0.25) is 0 Å². The molecular weight excluding hydrogens is 260 g/mol. The second-order valence-corrected chi connectivity index (χ2v) is 3.99. The summed E-state index contributed by atoms with van der Waals surface area (Å²) in [6, 6.07) is 9.89. The third-order valence-corrected chi connectivity index (χ3v) is 2.50. The van der Waals surface area contributed by atoms with Gasteiger partial charge in [0.1, 0.15) is 17.2 Å². The van der Waals surface area contributed by atoms with Crippen LogP contribution in [0.5, 0.6) is 17.2 Å². The van der Waals surface area contributed by atoms with E-state index in [0.717, 1.165) is 6.07 Å². The highest BCUT2D eigenvalue weighted by atomic mass is 16.3. The highest BCUT2D eigenvalue weighted by molar-refractivity contribution is 5.97. The molecule has 0 fully saturated rings. The molecule has 0 heterocycles. The minimum Gasteiger partial charge on any atom is -0.508 e. The van der Waals surface area contributed by atoms with Gasteiger partial charge in [-0.3, -0.25) is 4.79 Å². The summed E-state index contributed by atoms with van der Waals surface area (Å²) in [5.41, 5.74) is 2.95. The van der Waals surface area contributed by atoms with Crippen molar-refractivity contribution in [1.82, 2.24) is 5.43 Å². The Bertz CT molecular complexity index is 651. The lowest BCUT2D eigenvalue weighted by atomic mass is 10.2. The first kappa shape index (κ1) is 13.4. The lowest BCUT2D eigenvalue weighted by Crippen LogP contribution is -2.17. The van der Waals surface area contributed by atoms with Crippen LogP contribution in [0.3, 0.4) is 0 Å². The number of nitrogens with zero attached hydrogens (tertiary/aromatic N) is 1. The summed E-state index contributed by atoms with van der Waals surface area (Å²) in [5, 5.41) is 31.5. The summed E-state index contributed by atoms with van der Waals surface area (Å²) in [5.74, 6) is -0.924. The Morgan fingerprint density at radius 3 is 2.30 bits per heavy atom. The van der Waals surface area contributed by atoms with Gasteiger partial charge in [-0.05, 0) is 42.0 Å². The fourth-order valence-electron chi connectivity index (χ4n) is 1.50. The van der Waals surface area contributed by atoms with Crippen molar-refractivity contribution in [2.45, 2.75) is 0 Å². The molecule has 0 saturated carbocycles. The predicted molar refractivity (Wildman–Crippen MR) is 72.9 cm³/mol. The van der Waals surface area contributed by atoms with Gasteiger partial charge >= 0.3 is 0 Å². The molecule has 2 rings (SSSR count). The van der Waals surface area contributed by atoms with E-state index in [1.807, 2.05) is 0 Å². The van der Waals surface area contributed by atoms with Gasteiger partial charge in [0.25, 0.3) is 5.91 Å². The molecule has 4 N–H and O–H groups in total. The normalized spacial score (nSPS) is 10.6. The molecule has 6 heteroatoms. The first-order valence-corrected chi connectivity index (χ1v) is 5.70. The number of nitrogens with one attached hydrogen (secondary N) is 1. The smallest absolute Gasteiger partial charge is 0.275 e. The zero-order chi connectivity index (χ0) is 14.5. The van der Waals surface area contributed by atoms with Crippen LogP contribution in [-0.4, -0.2) is 27.4 Å². The number of hydrogen-bond donors (Lipinski definition) is 4. The first-order chi connectivity index (χ1) is 9.56. The second-order valence-electron chi connectivity index (χ2n) is 3.99. The minimum absolute atomic E-state index is 0.00524. The zero-order valence-corrected chi connectivity index (χ0v) is 10.3. The molecule has 1 amide bonds. The van der Waals surface area contributed by atoms with Crippen LogP contribution >= 0.6 is 0 Å². The van der Waals surface area contributed by atoms with Gasteiger partial charge in [-0.2, -0.15) is 5.10 Å². The molecule has 0 radical (unpaired) electrons. The molecule has 0 unspecified atom stereocenters. The molecule has 0 aliphatic carbocycles. The van der Waals surface area contributed by atoms with Gasteiger partial charge in [-0.15, -0.1) is 0 Å². The van der Waals surface area contributed by atoms with Crippen LogP contribution in [0.4, 0.5) is 0 Å². The van der Waals surface area contributed by atoms with Crippen LogP contribution in [0, 0.1) is 0 Å². The van der Waals surface area contributed by atoms with Crippen LogP contribution < -0.4 is 5.43 Å². The van der Waals surface area contributed by atoms with E-state index in [1.165, 1.54) is 30.5 Å². The van der Waals surface area contributed by atoms with Gasteiger partial charge in [0, 0.05) is 6.07 Å². The molecule has 2 aromatic carbocycles. The Hall–Kier alpha value is -3.02. The Kier molecular flexibility index (Phi) is 3.85. The van der Waals surface area contributed by atoms with Crippen LogP contribution in [0.2, 0.25) is 0 Å². The van der Waals surface area contributed by atoms with Gasteiger partial charge in [0.15, 0.2) is 0 Å². The molecule has 20 heavy (non-hydrogen) atoms. The molecule has 102 valence electrons. The van der Waals surface area contributed by atoms with Crippen molar-refractivity contribution in [1.29, 1.82) is 0 Å². The number of phenols is 3. The van der Waals surface area contributed by atoms with Crippen molar-refractivity contribution in [3.8, 4) is 17.2 Å². The molecular formula is C14H12N2O4. The highest BCUT2D eigenvalue weighted by Crippen LogP contribution is 2.22. The summed E-state index contributed by atoms with van der Waals surface area (Å²) in [6.07, 6.45) is 1.40. The summed E-state index contributed by atoms with van der Waals surface area (Å²) in [6.45, 7) is 0. The largest absolute Gasteiger partial charge is 0.508 e. The summed E-state index contributed by atoms with van der Waals surface area (Å²) in [7, 11) is 0. The third kappa shape index (κ3) is 3.26. The molecule has 0 saturated heterocycles. The SMILES string of the molecule is O=C(N/N=C/c1ccc(O)cc1)c1ccc(O)cc1O. The lowest BCUT2D eigenvalue weighted by Gasteiger charge is -2.03. The Balaban J connectivity index is 2.03. The predicted octanol–water partition coefficient (Wildman–Crippen LogP) is 1.57. The van der Waals surface area contributed by atoms with Crippen LogP contribution in [0.25, 0.3) is 0 Å². The standard InChI is InChI=1S/C14H12N2O4/c17-10-3-1-9(2-4-10)8-15-16-14(20)12-6-5-11(18)7-13(12)19/h1-8,17-19H,(H,16,20)/b15-8+. The Morgan fingerprint density at radius 2 is 1.65 bits per heavy atom. The number of carbonyl (C=O) groups excluding carboxylic acids is 1. The maximum atomic E-state index is 11.7. The van der Waals surface area contributed by atoms with E-state index in [2.05, 4.69) is 10.5 Å². The summed E-state index contributed by atoms with van der Waals surface area (Å²) in [4.78, 5) is 11.7. The molecule has 0 aromatic heterocycles. The van der Waals surface area contributed by atoms with Crippen molar-refractivity contribution in [3.05, 3.63) is 53.6 Å². The number of phenolic OH excluding ortho intramolecular Hbond substituents is 3. The first-order valence-electron chi connectivity index (χ1n) is 5.70. The number of hydrogen-bond acceptors (Lipinski definition) is 5. The fraction of sp³-hybridized carbons (Fsp3) is 0. The van der Waals surface area contributed by atoms with Crippen LogP contribution in [0.1, 0.15) is 15.9 Å². The van der Waals surface area contributed by atoms with E-state index in [1.54, 1.807) is 12.1 Å². The Labute approximate surface area is 114 Å². The zero-order valence-electron chi connectivity index (χ0n) is 10.3. The van der Waals surface area contributed by atoms with Crippen molar-refractivity contribution in [2.24, 2.45) is 5.10 Å². The number of aromatic hydroxyl groups is 3. The van der Waals surface area contributed by atoms with Gasteiger partial charge < -0.3 is 15.3 Å². The maximum Gasteiger partial charge on any atom is 0.275 e. The Morgan fingerprint density at radius 1 is 1.00 bits per heavy atom. The summed E-state index contributed by atoms with van der Waals surface area (Å²) >= 11 is 0. The maximum absolute atomic E-state index is 11.7. The number of hydrazone groups is 1. The van der Waals surface area contributed by atoms with E-state index in [4.69, 9.17) is 10.2 Å². The van der Waals surface area contributed by atoms with Crippen molar-refractivity contribution >= 4 is 12.1 Å². The number of amides is 1. The molecule has 0 atom stereocenters. The van der Waals surface area contributed by atoms with E-state index >= 15 is 0 Å². The topological polar surface area (TPSA) is 102 Å². The van der Waals surface area contributed by atoms with E-state index in [-0.39, 0.29) is 22.8 Å². The average molecular weight is 272 g/mol. The van der Waals surface area contributed by atoms with E-state index in [9.17, 15) is 9.90 Å². The van der Waals surface area contributed by atoms with Gasteiger partial charge in [-0.1, -0.05) is 0 Å². The summed E-state index contributed by atoms with van der Waals surface area (Å²) < 4.78 is 0.